The summed E-state index contributed by atoms with van der Waals surface area (Å²) in [6, 6.07) is 6.11. The van der Waals surface area contributed by atoms with Crippen LogP contribution in [-0.4, -0.2) is 39.8 Å². The number of halogens is 1. The van der Waals surface area contributed by atoms with Gasteiger partial charge in [-0.2, -0.15) is 0 Å². The van der Waals surface area contributed by atoms with Crippen LogP contribution in [0.25, 0.3) is 0 Å². The highest BCUT2D eigenvalue weighted by Crippen LogP contribution is 2.40. The van der Waals surface area contributed by atoms with Gasteiger partial charge in [-0.1, -0.05) is 4.49 Å². The minimum absolute atomic E-state index is 0.125. The Bertz CT molecular complexity index is 711. The normalized spacial score (nSPS) is 25.0. The SMILES string of the molecule is O=C(OCc1csnn1)N1C[C@H]2CC(Oc3ccc(F)cc3)C[C@H]2C1. The second kappa shape index (κ2) is 6.95. The first-order valence-corrected chi connectivity index (χ1v) is 9.11. The molecule has 4 rings (SSSR count). The molecule has 0 radical (unpaired) electrons. The highest BCUT2D eigenvalue weighted by molar-refractivity contribution is 7.03. The van der Waals surface area contributed by atoms with Gasteiger partial charge in [0.05, 0.1) is 6.10 Å². The molecule has 1 aromatic carbocycles. The summed E-state index contributed by atoms with van der Waals surface area (Å²) < 4.78 is 27.9. The summed E-state index contributed by atoms with van der Waals surface area (Å²) in [5, 5.41) is 5.63. The van der Waals surface area contributed by atoms with Gasteiger partial charge in [0.1, 0.15) is 23.9 Å². The molecule has 2 aromatic rings. The first-order chi connectivity index (χ1) is 12.2. The molecule has 1 aliphatic heterocycles. The smallest absolute Gasteiger partial charge is 0.410 e. The number of aromatic nitrogens is 2. The number of carbonyl (C=O) groups is 1. The van der Waals surface area contributed by atoms with Crippen LogP contribution in [0.4, 0.5) is 9.18 Å². The fourth-order valence-electron chi connectivity index (χ4n) is 3.67. The molecular formula is C17H18FN3O3S. The van der Waals surface area contributed by atoms with Gasteiger partial charge in [0, 0.05) is 18.5 Å². The largest absolute Gasteiger partial charge is 0.490 e. The van der Waals surface area contributed by atoms with Crippen LogP contribution in [0.1, 0.15) is 18.5 Å². The fourth-order valence-corrected chi connectivity index (χ4v) is 4.11. The number of rotatable bonds is 4. The Hall–Kier alpha value is -2.22. The van der Waals surface area contributed by atoms with E-state index in [1.807, 2.05) is 0 Å². The lowest BCUT2D eigenvalue weighted by atomic mass is 10.0. The van der Waals surface area contributed by atoms with Gasteiger partial charge in [-0.05, 0) is 60.5 Å². The third-order valence-corrected chi connectivity index (χ3v) is 5.38. The summed E-state index contributed by atoms with van der Waals surface area (Å²) in [7, 11) is 0. The molecule has 0 bridgehead atoms. The van der Waals surface area contributed by atoms with Gasteiger partial charge in [0.25, 0.3) is 0 Å². The predicted octanol–water partition coefficient (Wildman–Crippen LogP) is 3.10. The van der Waals surface area contributed by atoms with Crippen LogP contribution < -0.4 is 4.74 Å². The molecule has 1 aromatic heterocycles. The molecule has 2 fully saturated rings. The number of fused-ring (bicyclic) bond motifs is 1. The Labute approximate surface area is 148 Å². The average molecular weight is 363 g/mol. The lowest BCUT2D eigenvalue weighted by Gasteiger charge is -2.19. The number of carbonyl (C=O) groups excluding carboxylic acids is 1. The third-order valence-electron chi connectivity index (χ3n) is 4.83. The minimum atomic E-state index is -0.293. The standard InChI is InChI=1S/C17H18FN3O3S/c18-13-1-3-15(4-2-13)24-16-5-11-7-21(8-12(11)6-16)17(22)23-9-14-10-25-20-19-14/h1-4,10-12,16H,5-9H2/t11-,12+,16?. The minimum Gasteiger partial charge on any atom is -0.490 e. The van der Waals surface area contributed by atoms with E-state index in [0.717, 1.165) is 12.8 Å². The lowest BCUT2D eigenvalue weighted by Crippen LogP contribution is -2.31. The number of benzene rings is 1. The maximum atomic E-state index is 12.9. The van der Waals surface area contributed by atoms with Crippen molar-refractivity contribution in [3.63, 3.8) is 0 Å². The van der Waals surface area contributed by atoms with Crippen molar-refractivity contribution < 1.29 is 18.7 Å². The second-order valence-electron chi connectivity index (χ2n) is 6.54. The Kier molecular flexibility index (Phi) is 4.52. The zero-order valence-corrected chi connectivity index (χ0v) is 14.3. The molecule has 0 spiro atoms. The van der Waals surface area contributed by atoms with Crippen molar-refractivity contribution in [3.8, 4) is 5.75 Å². The molecule has 25 heavy (non-hydrogen) atoms. The molecule has 6 nitrogen and oxygen atoms in total. The van der Waals surface area contributed by atoms with Gasteiger partial charge in [-0.3, -0.25) is 0 Å². The van der Waals surface area contributed by atoms with Gasteiger partial charge < -0.3 is 14.4 Å². The van der Waals surface area contributed by atoms with Crippen LogP contribution in [0.3, 0.4) is 0 Å². The summed E-state index contributed by atoms with van der Waals surface area (Å²) >= 11 is 1.24. The quantitative estimate of drug-likeness (QED) is 0.835. The Morgan fingerprint density at radius 2 is 1.96 bits per heavy atom. The van der Waals surface area contributed by atoms with Crippen LogP contribution in [0.5, 0.6) is 5.75 Å². The molecule has 8 heteroatoms. The van der Waals surface area contributed by atoms with Gasteiger partial charge >= 0.3 is 6.09 Å². The van der Waals surface area contributed by atoms with Crippen LogP contribution in [0, 0.1) is 17.7 Å². The summed E-state index contributed by atoms with van der Waals surface area (Å²) in [5.41, 5.74) is 0.672. The number of amides is 1. The van der Waals surface area contributed by atoms with Crippen molar-refractivity contribution >= 4 is 17.6 Å². The molecule has 132 valence electrons. The van der Waals surface area contributed by atoms with Gasteiger partial charge in [-0.15, -0.1) is 5.10 Å². The highest BCUT2D eigenvalue weighted by atomic mass is 32.1. The number of nitrogens with zero attached hydrogens (tertiary/aromatic N) is 3. The second-order valence-corrected chi connectivity index (χ2v) is 7.15. The third kappa shape index (κ3) is 3.73. The lowest BCUT2D eigenvalue weighted by molar-refractivity contribution is 0.0975. The van der Waals surface area contributed by atoms with Crippen LogP contribution >= 0.6 is 11.5 Å². The maximum Gasteiger partial charge on any atom is 0.410 e. The molecule has 2 aliphatic rings. The van der Waals surface area contributed by atoms with Gasteiger partial charge in [0.2, 0.25) is 0 Å². The van der Waals surface area contributed by atoms with E-state index in [9.17, 15) is 9.18 Å². The van der Waals surface area contributed by atoms with E-state index in [2.05, 4.69) is 9.59 Å². The van der Waals surface area contributed by atoms with Crippen LogP contribution in [0.15, 0.2) is 29.6 Å². The summed E-state index contributed by atoms with van der Waals surface area (Å²) in [4.78, 5) is 13.9. The van der Waals surface area contributed by atoms with Gasteiger partial charge in [-0.25, -0.2) is 9.18 Å². The molecule has 1 amide bonds. The van der Waals surface area contributed by atoms with Crippen LogP contribution in [-0.2, 0) is 11.3 Å². The van der Waals surface area contributed by atoms with E-state index >= 15 is 0 Å². The Morgan fingerprint density at radius 1 is 1.24 bits per heavy atom. The molecule has 0 N–H and O–H groups in total. The van der Waals surface area contributed by atoms with Crippen LogP contribution in [0.2, 0.25) is 0 Å². The Morgan fingerprint density at radius 3 is 2.60 bits per heavy atom. The molecule has 1 aliphatic carbocycles. The van der Waals surface area contributed by atoms with E-state index in [1.165, 1.54) is 23.7 Å². The van der Waals surface area contributed by atoms with Gasteiger partial charge in [0.15, 0.2) is 0 Å². The average Bonchev–Trinajstić information content (AvgIpc) is 3.31. The zero-order valence-electron chi connectivity index (χ0n) is 13.5. The van der Waals surface area contributed by atoms with Crippen molar-refractivity contribution in [2.45, 2.75) is 25.6 Å². The molecule has 1 saturated carbocycles. The van der Waals surface area contributed by atoms with E-state index in [0.29, 0.717) is 36.4 Å². The molecular weight excluding hydrogens is 345 g/mol. The van der Waals surface area contributed by atoms with Crippen molar-refractivity contribution in [2.24, 2.45) is 11.8 Å². The molecule has 3 atom stereocenters. The number of ether oxygens (including phenoxy) is 2. The monoisotopic (exact) mass is 363 g/mol. The maximum absolute atomic E-state index is 12.9. The fraction of sp³-hybridized carbons (Fsp3) is 0.471. The summed E-state index contributed by atoms with van der Waals surface area (Å²) in [5.74, 6) is 1.29. The first-order valence-electron chi connectivity index (χ1n) is 8.27. The highest BCUT2D eigenvalue weighted by Gasteiger charge is 2.43. The predicted molar refractivity (Wildman–Crippen MR) is 88.7 cm³/mol. The molecule has 1 saturated heterocycles. The van der Waals surface area contributed by atoms with Crippen molar-refractivity contribution in [2.75, 3.05) is 13.1 Å². The molecule has 2 heterocycles. The summed E-state index contributed by atoms with van der Waals surface area (Å²) in [6.07, 6.45) is 1.64. The summed E-state index contributed by atoms with van der Waals surface area (Å²) in [6.45, 7) is 1.56. The van der Waals surface area contributed by atoms with E-state index in [-0.39, 0.29) is 24.6 Å². The van der Waals surface area contributed by atoms with E-state index in [4.69, 9.17) is 9.47 Å². The number of hydrogen-bond acceptors (Lipinski definition) is 6. The Balaban J connectivity index is 1.25. The van der Waals surface area contributed by atoms with Crippen molar-refractivity contribution in [3.05, 3.63) is 41.2 Å². The van der Waals surface area contributed by atoms with E-state index < -0.39 is 0 Å². The molecule has 1 unspecified atom stereocenters. The number of hydrogen-bond donors (Lipinski definition) is 0. The van der Waals surface area contributed by atoms with Crippen molar-refractivity contribution in [1.82, 2.24) is 14.5 Å². The topological polar surface area (TPSA) is 64.5 Å². The first kappa shape index (κ1) is 16.3. The van der Waals surface area contributed by atoms with Crippen molar-refractivity contribution in [1.29, 1.82) is 0 Å². The zero-order chi connectivity index (χ0) is 17.2. The number of likely N-dealkylation sites (tertiary alicyclic amines) is 1. The van der Waals surface area contributed by atoms with E-state index in [1.54, 1.807) is 22.4 Å².